The second kappa shape index (κ2) is 2.54. The molecular weight excluding hydrogens is 134 g/mol. The molecule has 0 saturated heterocycles. The van der Waals surface area contributed by atoms with Crippen LogP contribution in [0.4, 0.5) is 0 Å². The summed E-state index contributed by atoms with van der Waals surface area (Å²) in [6, 6.07) is 0. The zero-order valence-electron chi connectivity index (χ0n) is 7.22. The molecule has 0 heterocycles. The van der Waals surface area contributed by atoms with E-state index in [1.54, 1.807) is 0 Å². The summed E-state index contributed by atoms with van der Waals surface area (Å²) < 4.78 is 0. The quantitative estimate of drug-likeness (QED) is 0.611. The Morgan fingerprint density at radius 1 is 1.36 bits per heavy atom. The molecule has 0 spiro atoms. The molecule has 0 radical (unpaired) electrons. The van der Waals surface area contributed by atoms with Crippen molar-refractivity contribution in [1.29, 1.82) is 0 Å². The Morgan fingerprint density at radius 3 is 2.64 bits per heavy atom. The first-order chi connectivity index (χ1) is 5.31. The minimum Gasteiger partial charge on any atom is -0.405 e. The Hall–Kier alpha value is -0.460. The van der Waals surface area contributed by atoms with Gasteiger partial charge in [-0.3, -0.25) is 0 Å². The zero-order valence-corrected chi connectivity index (χ0v) is 7.22. The van der Waals surface area contributed by atoms with Crippen LogP contribution in [-0.4, -0.2) is 0 Å². The summed E-state index contributed by atoms with van der Waals surface area (Å²) in [6.45, 7) is 2.19. The van der Waals surface area contributed by atoms with E-state index in [-0.39, 0.29) is 0 Å². The second-order valence-corrected chi connectivity index (χ2v) is 4.19. The molecule has 0 aromatic rings. The molecule has 2 bridgehead atoms. The average molecular weight is 151 g/mol. The lowest BCUT2D eigenvalue weighted by molar-refractivity contribution is 0.377. The molecule has 2 rings (SSSR count). The van der Waals surface area contributed by atoms with Gasteiger partial charge in [-0.15, -0.1) is 0 Å². The third-order valence-corrected chi connectivity index (χ3v) is 3.59. The van der Waals surface area contributed by atoms with E-state index in [0.29, 0.717) is 0 Å². The lowest BCUT2D eigenvalue weighted by atomic mass is 9.84. The molecule has 0 aliphatic heterocycles. The predicted molar refractivity (Wildman–Crippen MR) is 46.9 cm³/mol. The van der Waals surface area contributed by atoms with Crippen molar-refractivity contribution in [3.63, 3.8) is 0 Å². The molecule has 1 nitrogen and oxygen atoms in total. The third-order valence-electron chi connectivity index (χ3n) is 3.59. The molecule has 11 heavy (non-hydrogen) atoms. The van der Waals surface area contributed by atoms with Gasteiger partial charge in [0, 0.05) is 0 Å². The molecule has 2 aliphatic carbocycles. The van der Waals surface area contributed by atoms with Crippen molar-refractivity contribution in [2.24, 2.45) is 23.5 Å². The summed E-state index contributed by atoms with van der Waals surface area (Å²) in [4.78, 5) is 0. The largest absolute Gasteiger partial charge is 0.405 e. The minimum absolute atomic E-state index is 0.846. The molecule has 2 aliphatic rings. The first kappa shape index (κ1) is 7.20. The van der Waals surface area contributed by atoms with Gasteiger partial charge in [-0.1, -0.05) is 12.0 Å². The van der Waals surface area contributed by atoms with Gasteiger partial charge in [-0.25, -0.2) is 0 Å². The second-order valence-electron chi connectivity index (χ2n) is 4.19. The zero-order chi connectivity index (χ0) is 7.84. The van der Waals surface area contributed by atoms with Gasteiger partial charge in [0.2, 0.25) is 0 Å². The SMILES string of the molecule is C/C(=C\N)C1CC2CCC1C2. The smallest absolute Gasteiger partial charge is 0.00704 e. The molecule has 62 valence electrons. The summed E-state index contributed by atoms with van der Waals surface area (Å²) in [7, 11) is 0. The lowest BCUT2D eigenvalue weighted by Gasteiger charge is -2.21. The summed E-state index contributed by atoms with van der Waals surface area (Å²) in [5, 5.41) is 0. The van der Waals surface area contributed by atoms with E-state index < -0.39 is 0 Å². The predicted octanol–water partition coefficient (Wildman–Crippen LogP) is 2.29. The number of fused-ring (bicyclic) bond motifs is 2. The van der Waals surface area contributed by atoms with Crippen molar-refractivity contribution >= 4 is 0 Å². The Bertz CT molecular complexity index is 183. The average Bonchev–Trinajstić information content (AvgIpc) is 2.62. The van der Waals surface area contributed by atoms with Crippen molar-refractivity contribution in [1.82, 2.24) is 0 Å². The highest BCUT2D eigenvalue weighted by Crippen LogP contribution is 2.50. The topological polar surface area (TPSA) is 26.0 Å². The van der Waals surface area contributed by atoms with E-state index in [2.05, 4.69) is 6.92 Å². The van der Waals surface area contributed by atoms with Crippen LogP contribution < -0.4 is 5.73 Å². The number of hydrogen-bond acceptors (Lipinski definition) is 1. The molecule has 0 amide bonds. The van der Waals surface area contributed by atoms with E-state index in [1.165, 1.54) is 31.3 Å². The van der Waals surface area contributed by atoms with Crippen LogP contribution in [-0.2, 0) is 0 Å². The highest BCUT2D eigenvalue weighted by Gasteiger charge is 2.39. The Kier molecular flexibility index (Phi) is 1.67. The van der Waals surface area contributed by atoms with Crippen LogP contribution in [0.3, 0.4) is 0 Å². The van der Waals surface area contributed by atoms with Crippen molar-refractivity contribution < 1.29 is 0 Å². The van der Waals surface area contributed by atoms with Crippen molar-refractivity contribution in [3.8, 4) is 0 Å². The van der Waals surface area contributed by atoms with Crippen LogP contribution in [0.5, 0.6) is 0 Å². The molecular formula is C10H17N. The van der Waals surface area contributed by atoms with Crippen LogP contribution in [0.25, 0.3) is 0 Å². The molecule has 2 saturated carbocycles. The maximum absolute atomic E-state index is 5.52. The fourth-order valence-electron chi connectivity index (χ4n) is 2.93. The molecule has 2 N–H and O–H groups in total. The first-order valence-electron chi connectivity index (χ1n) is 4.69. The third kappa shape index (κ3) is 1.07. The highest BCUT2D eigenvalue weighted by molar-refractivity contribution is 5.09. The van der Waals surface area contributed by atoms with Crippen LogP contribution >= 0.6 is 0 Å². The summed E-state index contributed by atoms with van der Waals surface area (Å²) in [5.41, 5.74) is 6.95. The summed E-state index contributed by atoms with van der Waals surface area (Å²) in [6.07, 6.45) is 7.66. The Morgan fingerprint density at radius 2 is 2.18 bits per heavy atom. The fraction of sp³-hybridized carbons (Fsp3) is 0.800. The highest BCUT2D eigenvalue weighted by atomic mass is 14.5. The van der Waals surface area contributed by atoms with Gasteiger partial charge in [-0.2, -0.15) is 0 Å². The minimum atomic E-state index is 0.846. The maximum atomic E-state index is 5.52. The van der Waals surface area contributed by atoms with Gasteiger partial charge in [0.25, 0.3) is 0 Å². The number of rotatable bonds is 1. The van der Waals surface area contributed by atoms with Crippen LogP contribution in [0, 0.1) is 17.8 Å². The van der Waals surface area contributed by atoms with Gasteiger partial charge in [0.15, 0.2) is 0 Å². The standard InChI is InChI=1S/C10H17N/c1-7(6-11)10-5-8-2-3-9(10)4-8/h6,8-10H,2-5,11H2,1H3/b7-6+. The summed E-state index contributed by atoms with van der Waals surface area (Å²) >= 11 is 0. The van der Waals surface area contributed by atoms with E-state index in [9.17, 15) is 0 Å². The number of allylic oxidation sites excluding steroid dienone is 1. The summed E-state index contributed by atoms with van der Waals surface area (Å²) in [5.74, 6) is 2.87. The monoisotopic (exact) mass is 151 g/mol. The van der Waals surface area contributed by atoms with E-state index in [1.807, 2.05) is 6.20 Å². The van der Waals surface area contributed by atoms with Crippen molar-refractivity contribution in [2.75, 3.05) is 0 Å². The van der Waals surface area contributed by atoms with E-state index in [0.717, 1.165) is 17.8 Å². The molecule has 3 atom stereocenters. The molecule has 1 heteroatoms. The lowest BCUT2D eigenvalue weighted by Crippen LogP contribution is -2.12. The van der Waals surface area contributed by atoms with Crippen molar-refractivity contribution in [2.45, 2.75) is 32.6 Å². The van der Waals surface area contributed by atoms with Crippen LogP contribution in [0.15, 0.2) is 11.8 Å². The van der Waals surface area contributed by atoms with Gasteiger partial charge in [-0.05, 0) is 50.1 Å². The maximum Gasteiger partial charge on any atom is -0.00704 e. The van der Waals surface area contributed by atoms with Gasteiger partial charge in [0.05, 0.1) is 0 Å². The van der Waals surface area contributed by atoms with E-state index >= 15 is 0 Å². The number of nitrogens with two attached hydrogens (primary N) is 1. The number of hydrogen-bond donors (Lipinski definition) is 1. The Labute approximate surface area is 68.7 Å². The molecule has 3 unspecified atom stereocenters. The molecule has 0 aromatic heterocycles. The van der Waals surface area contributed by atoms with Crippen LogP contribution in [0.1, 0.15) is 32.6 Å². The first-order valence-corrected chi connectivity index (χ1v) is 4.69. The van der Waals surface area contributed by atoms with Crippen LogP contribution in [0.2, 0.25) is 0 Å². The molecule has 0 aromatic carbocycles. The Balaban J connectivity index is 2.08. The van der Waals surface area contributed by atoms with Gasteiger partial charge < -0.3 is 5.73 Å². The van der Waals surface area contributed by atoms with E-state index in [4.69, 9.17) is 5.73 Å². The molecule has 2 fully saturated rings. The fourth-order valence-corrected chi connectivity index (χ4v) is 2.93. The van der Waals surface area contributed by atoms with Gasteiger partial charge in [0.1, 0.15) is 0 Å². The van der Waals surface area contributed by atoms with Gasteiger partial charge >= 0.3 is 0 Å². The normalized spacial score (nSPS) is 43.4. The van der Waals surface area contributed by atoms with Crippen molar-refractivity contribution in [3.05, 3.63) is 11.8 Å².